The number of hydrogen-bond acceptors (Lipinski definition) is 9. The lowest BCUT2D eigenvalue weighted by atomic mass is 9.96. The molecule has 0 spiro atoms. The zero-order valence-corrected chi connectivity index (χ0v) is 30.7. The first-order chi connectivity index (χ1) is 25.1. The van der Waals surface area contributed by atoms with Gasteiger partial charge in [-0.2, -0.15) is 5.26 Å². The molecule has 0 radical (unpaired) electrons. The van der Waals surface area contributed by atoms with E-state index in [-0.39, 0.29) is 19.3 Å². The number of likely N-dealkylation sites (tertiary alicyclic amines) is 1. The number of piperidine rings is 1. The number of nitrogens with zero attached hydrogens (tertiary/aromatic N) is 3. The lowest BCUT2D eigenvalue weighted by Gasteiger charge is -2.29. The van der Waals surface area contributed by atoms with Gasteiger partial charge in [0, 0.05) is 54.2 Å². The van der Waals surface area contributed by atoms with E-state index in [1.54, 1.807) is 24.4 Å². The lowest BCUT2D eigenvalue weighted by Crippen LogP contribution is -2.52. The third-order valence-corrected chi connectivity index (χ3v) is 10.5. The van der Waals surface area contributed by atoms with Crippen LogP contribution in [-0.2, 0) is 24.4 Å². The fourth-order valence-electron chi connectivity index (χ4n) is 6.81. The highest BCUT2D eigenvalue weighted by molar-refractivity contribution is 6.35. The van der Waals surface area contributed by atoms with E-state index in [0.717, 1.165) is 48.2 Å². The molecule has 1 aliphatic carbocycles. The van der Waals surface area contributed by atoms with Gasteiger partial charge in [-0.05, 0) is 81.1 Å². The molecule has 0 saturated carbocycles. The Morgan fingerprint density at radius 1 is 1.08 bits per heavy atom. The van der Waals surface area contributed by atoms with E-state index < -0.39 is 18.1 Å². The van der Waals surface area contributed by atoms with Gasteiger partial charge < -0.3 is 29.3 Å². The number of ether oxygens (including phenoxy) is 3. The van der Waals surface area contributed by atoms with Crippen LogP contribution in [0.25, 0.3) is 11.1 Å². The molecule has 1 saturated heterocycles. The fourth-order valence-corrected chi connectivity index (χ4v) is 7.32. The molecule has 272 valence electrons. The molecular weight excluding hydrogens is 703 g/mol. The second kappa shape index (κ2) is 16.5. The van der Waals surface area contributed by atoms with Crippen LogP contribution in [-0.4, -0.2) is 65.0 Å². The van der Waals surface area contributed by atoms with Crippen molar-refractivity contribution >= 4 is 29.2 Å². The van der Waals surface area contributed by atoms with Crippen LogP contribution in [0.3, 0.4) is 0 Å². The first kappa shape index (κ1) is 37.4. The number of carboxylic acid groups (broad SMARTS) is 1. The summed E-state index contributed by atoms with van der Waals surface area (Å²) in [5.74, 6) is 0.753. The zero-order valence-electron chi connectivity index (χ0n) is 29.2. The standard InChI is InChI=1S/C40H42Cl2N4O6/c1-40(24-47,39(48)49)45-20-28-15-33(41)37(16-36(28)51-23-27-14-26(17-43)18-44-19-27)52-34-12-11-30-29(7-3-8-31(30)34)32-9-4-10-35(38(32)42)50-22-25-6-5-13-46(2)21-25/h3-4,7-10,14-16,18-19,25,34,45,47H,5-6,11-13,20-24H2,1-2H3,(H,48,49)/t25-,34-,40?/m1/s1. The van der Waals surface area contributed by atoms with Gasteiger partial charge in [0.15, 0.2) is 0 Å². The number of benzene rings is 3. The van der Waals surface area contributed by atoms with E-state index in [4.69, 9.17) is 37.4 Å². The van der Waals surface area contributed by atoms with Gasteiger partial charge in [-0.3, -0.25) is 15.1 Å². The van der Waals surface area contributed by atoms with Gasteiger partial charge >= 0.3 is 5.97 Å². The minimum absolute atomic E-state index is 0.0338. The minimum atomic E-state index is -1.59. The van der Waals surface area contributed by atoms with Crippen molar-refractivity contribution in [2.45, 2.75) is 57.4 Å². The van der Waals surface area contributed by atoms with E-state index in [1.807, 2.05) is 24.3 Å². The molecule has 4 aromatic rings. The van der Waals surface area contributed by atoms with Crippen molar-refractivity contribution in [2.24, 2.45) is 5.92 Å². The van der Waals surface area contributed by atoms with Crippen molar-refractivity contribution in [3.63, 3.8) is 0 Å². The minimum Gasteiger partial charge on any atom is -0.492 e. The first-order valence-corrected chi connectivity index (χ1v) is 18.1. The predicted molar refractivity (Wildman–Crippen MR) is 199 cm³/mol. The van der Waals surface area contributed by atoms with Gasteiger partial charge in [0.05, 0.1) is 28.8 Å². The van der Waals surface area contributed by atoms with Crippen molar-refractivity contribution in [1.29, 1.82) is 5.26 Å². The monoisotopic (exact) mass is 744 g/mol. The van der Waals surface area contributed by atoms with Crippen LogP contribution in [0.1, 0.15) is 60.1 Å². The number of aliphatic hydroxyl groups excluding tert-OH is 1. The van der Waals surface area contributed by atoms with Crippen LogP contribution in [0.5, 0.6) is 17.2 Å². The van der Waals surface area contributed by atoms with Crippen molar-refractivity contribution in [2.75, 3.05) is 33.4 Å². The molecule has 1 unspecified atom stereocenters. The van der Waals surface area contributed by atoms with Crippen molar-refractivity contribution in [3.8, 4) is 34.4 Å². The summed E-state index contributed by atoms with van der Waals surface area (Å²) < 4.78 is 19.1. The average Bonchev–Trinajstić information content (AvgIpc) is 3.56. The third kappa shape index (κ3) is 8.46. The Morgan fingerprint density at radius 2 is 1.88 bits per heavy atom. The summed E-state index contributed by atoms with van der Waals surface area (Å²) in [5, 5.41) is 32.6. The second-order valence-corrected chi connectivity index (χ2v) is 14.5. The highest BCUT2D eigenvalue weighted by Crippen LogP contribution is 2.45. The molecule has 52 heavy (non-hydrogen) atoms. The molecule has 2 heterocycles. The van der Waals surface area contributed by atoms with Gasteiger partial charge in [-0.15, -0.1) is 0 Å². The quantitative estimate of drug-likeness (QED) is 0.121. The molecule has 3 aromatic carbocycles. The number of nitriles is 1. The Kier molecular flexibility index (Phi) is 11.9. The molecule has 3 atom stereocenters. The Hall–Kier alpha value is -4.37. The lowest BCUT2D eigenvalue weighted by molar-refractivity contribution is -0.145. The predicted octanol–water partition coefficient (Wildman–Crippen LogP) is 7.22. The Bertz CT molecular complexity index is 1970. The number of rotatable bonds is 14. The molecule has 0 amide bonds. The van der Waals surface area contributed by atoms with E-state index in [9.17, 15) is 20.3 Å². The number of aliphatic carboxylic acids is 1. The largest absolute Gasteiger partial charge is 0.492 e. The number of nitrogens with one attached hydrogen (secondary N) is 1. The number of halogens is 2. The van der Waals surface area contributed by atoms with E-state index in [2.05, 4.69) is 40.5 Å². The third-order valence-electron chi connectivity index (χ3n) is 9.83. The maximum Gasteiger partial charge on any atom is 0.326 e. The summed E-state index contributed by atoms with van der Waals surface area (Å²) >= 11 is 13.8. The normalized spacial score (nSPS) is 18.2. The summed E-state index contributed by atoms with van der Waals surface area (Å²) in [7, 11) is 2.15. The SMILES string of the molecule is CN1CCC[C@@H](COc2cccc(-c3cccc4c3CC[C@H]4Oc3cc(OCc4cncc(C#N)c4)c(CNC(C)(CO)C(=O)O)cc3Cl)c2Cl)C1. The number of carboxylic acids is 1. The van der Waals surface area contributed by atoms with Crippen LogP contribution in [0, 0.1) is 17.2 Å². The van der Waals surface area contributed by atoms with E-state index in [1.165, 1.54) is 19.5 Å². The second-order valence-electron chi connectivity index (χ2n) is 13.7. The van der Waals surface area contributed by atoms with Gasteiger partial charge in [0.1, 0.15) is 41.6 Å². The molecular formula is C40H42Cl2N4O6. The van der Waals surface area contributed by atoms with Crippen molar-refractivity contribution in [3.05, 3.63) is 105 Å². The maximum absolute atomic E-state index is 11.8. The molecule has 1 aliphatic heterocycles. The molecule has 1 aromatic heterocycles. The Balaban J connectivity index is 1.24. The summed E-state index contributed by atoms with van der Waals surface area (Å²) in [5.41, 5.74) is 4.18. The highest BCUT2D eigenvalue weighted by Gasteiger charge is 2.33. The summed E-state index contributed by atoms with van der Waals surface area (Å²) in [6, 6.07) is 19.2. The van der Waals surface area contributed by atoms with E-state index in [0.29, 0.717) is 62.9 Å². The molecule has 6 rings (SSSR count). The van der Waals surface area contributed by atoms with Gasteiger partial charge in [0.2, 0.25) is 0 Å². The van der Waals surface area contributed by atoms with E-state index >= 15 is 0 Å². The molecule has 12 heteroatoms. The summed E-state index contributed by atoms with van der Waals surface area (Å²) in [6.45, 7) is 3.66. The molecule has 2 aliphatic rings. The first-order valence-electron chi connectivity index (χ1n) is 17.4. The summed E-state index contributed by atoms with van der Waals surface area (Å²) in [6.07, 6.45) is 6.58. The number of pyridine rings is 1. The topological polar surface area (TPSA) is 137 Å². The number of fused-ring (bicyclic) bond motifs is 1. The molecule has 1 fully saturated rings. The maximum atomic E-state index is 11.8. The van der Waals surface area contributed by atoms with Crippen LogP contribution in [0.4, 0.5) is 0 Å². The fraction of sp³-hybridized carbons (Fsp3) is 0.375. The van der Waals surface area contributed by atoms with Gasteiger partial charge in [-0.1, -0.05) is 53.5 Å². The molecule has 3 N–H and O–H groups in total. The molecule has 10 nitrogen and oxygen atoms in total. The van der Waals surface area contributed by atoms with Crippen molar-refractivity contribution < 1.29 is 29.2 Å². The molecule has 0 bridgehead atoms. The number of hydrogen-bond donors (Lipinski definition) is 3. The Labute approximate surface area is 313 Å². The van der Waals surface area contributed by atoms with Crippen LogP contribution in [0.2, 0.25) is 10.0 Å². The highest BCUT2D eigenvalue weighted by atomic mass is 35.5. The van der Waals surface area contributed by atoms with Gasteiger partial charge in [-0.25, -0.2) is 0 Å². The summed E-state index contributed by atoms with van der Waals surface area (Å²) in [4.78, 5) is 18.3. The zero-order chi connectivity index (χ0) is 36.8. The van der Waals surface area contributed by atoms with Crippen LogP contribution >= 0.6 is 23.2 Å². The van der Waals surface area contributed by atoms with Crippen LogP contribution in [0.15, 0.2) is 67.0 Å². The van der Waals surface area contributed by atoms with Gasteiger partial charge in [0.25, 0.3) is 0 Å². The average molecular weight is 746 g/mol. The van der Waals surface area contributed by atoms with Crippen molar-refractivity contribution in [1.82, 2.24) is 15.2 Å². The van der Waals surface area contributed by atoms with Crippen LogP contribution < -0.4 is 19.5 Å². The number of carbonyl (C=O) groups is 1. The smallest absolute Gasteiger partial charge is 0.326 e. The number of aliphatic hydroxyl groups is 1. The number of aromatic nitrogens is 1. The Morgan fingerprint density at radius 3 is 2.65 bits per heavy atom.